The summed E-state index contributed by atoms with van der Waals surface area (Å²) in [6.45, 7) is 2.02. The highest BCUT2D eigenvalue weighted by molar-refractivity contribution is 5.87. The highest BCUT2D eigenvalue weighted by Crippen LogP contribution is 2.41. The lowest BCUT2D eigenvalue weighted by atomic mass is 9.81. The van der Waals surface area contributed by atoms with E-state index < -0.39 is 17.4 Å². The Kier molecular flexibility index (Phi) is 4.93. The van der Waals surface area contributed by atoms with E-state index >= 15 is 0 Å². The molecule has 0 saturated heterocycles. The minimum Gasteiger partial charge on any atom is -0.480 e. The number of hydrogen-bond donors (Lipinski definition) is 2. The lowest BCUT2D eigenvalue weighted by molar-refractivity contribution is -0.143. The van der Waals surface area contributed by atoms with Gasteiger partial charge in [-0.25, -0.2) is 0 Å². The van der Waals surface area contributed by atoms with E-state index in [-0.39, 0.29) is 5.91 Å². The van der Waals surface area contributed by atoms with Crippen LogP contribution in [0.5, 0.6) is 0 Å². The van der Waals surface area contributed by atoms with E-state index in [1.165, 1.54) is 6.92 Å². The van der Waals surface area contributed by atoms with Crippen molar-refractivity contribution in [1.82, 2.24) is 5.32 Å². The molecule has 1 rings (SSSR count). The Balaban J connectivity index is 2.63. The first-order valence-corrected chi connectivity index (χ1v) is 6.04. The van der Waals surface area contributed by atoms with E-state index in [1.54, 1.807) is 7.11 Å². The number of rotatable bonds is 6. The Morgan fingerprint density at radius 3 is 2.47 bits per heavy atom. The molecule has 1 atom stereocenters. The second-order valence-electron chi connectivity index (χ2n) is 4.76. The highest BCUT2D eigenvalue weighted by Gasteiger charge is 2.41. The van der Waals surface area contributed by atoms with Gasteiger partial charge in [-0.05, 0) is 26.2 Å². The molecule has 0 aromatic heterocycles. The summed E-state index contributed by atoms with van der Waals surface area (Å²) in [5, 5.41) is 11.4. The molecule has 0 radical (unpaired) electrons. The van der Waals surface area contributed by atoms with E-state index in [1.807, 2.05) is 0 Å². The maximum atomic E-state index is 12.2. The average molecular weight is 243 g/mol. The number of hydrogen-bond acceptors (Lipinski definition) is 3. The summed E-state index contributed by atoms with van der Waals surface area (Å²) in [6, 6.07) is -0.831. The van der Waals surface area contributed by atoms with E-state index in [4.69, 9.17) is 9.84 Å². The third-order valence-corrected chi connectivity index (χ3v) is 3.55. The molecule has 1 aliphatic rings. The van der Waals surface area contributed by atoms with Crippen LogP contribution in [-0.2, 0) is 14.3 Å². The molecular formula is C12H21NO4. The van der Waals surface area contributed by atoms with Gasteiger partial charge in [-0.2, -0.15) is 0 Å². The van der Waals surface area contributed by atoms with Gasteiger partial charge in [0.15, 0.2) is 0 Å². The number of carboxylic acid groups (broad SMARTS) is 1. The van der Waals surface area contributed by atoms with Gasteiger partial charge in [0.25, 0.3) is 0 Å². The Hall–Kier alpha value is -1.10. The van der Waals surface area contributed by atoms with Crippen LogP contribution in [0.4, 0.5) is 0 Å². The van der Waals surface area contributed by atoms with Gasteiger partial charge in [0.2, 0.25) is 5.91 Å². The standard InChI is InChI=1S/C12H21NO4/c1-9(10(14)15)13-11(16)12(7-8-17-2)5-3-4-6-12/h9H,3-8H2,1-2H3,(H,13,16)(H,14,15)/t9-/m1/s1. The topological polar surface area (TPSA) is 75.6 Å². The van der Waals surface area contributed by atoms with Crippen LogP contribution in [-0.4, -0.2) is 36.7 Å². The summed E-state index contributed by atoms with van der Waals surface area (Å²) in [7, 11) is 1.61. The quantitative estimate of drug-likeness (QED) is 0.734. The van der Waals surface area contributed by atoms with Crippen molar-refractivity contribution in [3.8, 4) is 0 Å². The third kappa shape index (κ3) is 3.43. The smallest absolute Gasteiger partial charge is 0.325 e. The molecule has 0 aromatic rings. The molecule has 17 heavy (non-hydrogen) atoms. The molecule has 0 aromatic carbocycles. The van der Waals surface area contributed by atoms with E-state index in [0.717, 1.165) is 25.7 Å². The summed E-state index contributed by atoms with van der Waals surface area (Å²) in [5.41, 5.74) is -0.417. The van der Waals surface area contributed by atoms with E-state index in [9.17, 15) is 9.59 Å². The van der Waals surface area contributed by atoms with Crippen molar-refractivity contribution < 1.29 is 19.4 Å². The summed E-state index contributed by atoms with van der Waals surface area (Å²) < 4.78 is 5.04. The lowest BCUT2D eigenvalue weighted by Crippen LogP contribution is -2.46. The van der Waals surface area contributed by atoms with Crippen molar-refractivity contribution in [2.24, 2.45) is 5.41 Å². The highest BCUT2D eigenvalue weighted by atomic mass is 16.5. The number of methoxy groups -OCH3 is 1. The van der Waals surface area contributed by atoms with Crippen molar-refractivity contribution >= 4 is 11.9 Å². The Morgan fingerprint density at radius 2 is 2.00 bits per heavy atom. The largest absolute Gasteiger partial charge is 0.480 e. The zero-order chi connectivity index (χ0) is 12.9. The van der Waals surface area contributed by atoms with Gasteiger partial charge < -0.3 is 15.2 Å². The minimum absolute atomic E-state index is 0.137. The van der Waals surface area contributed by atoms with Gasteiger partial charge >= 0.3 is 5.97 Å². The molecule has 1 saturated carbocycles. The normalized spacial score (nSPS) is 19.9. The molecule has 1 aliphatic carbocycles. The van der Waals surface area contributed by atoms with E-state index in [0.29, 0.717) is 13.0 Å². The average Bonchev–Trinajstić information content (AvgIpc) is 2.76. The van der Waals surface area contributed by atoms with Crippen LogP contribution in [0.2, 0.25) is 0 Å². The zero-order valence-electron chi connectivity index (χ0n) is 10.5. The number of carbonyl (C=O) groups excluding carboxylic acids is 1. The van der Waals surface area contributed by atoms with Crippen LogP contribution in [0, 0.1) is 5.41 Å². The number of nitrogens with one attached hydrogen (secondary N) is 1. The summed E-state index contributed by atoms with van der Waals surface area (Å²) >= 11 is 0. The number of carboxylic acids is 1. The van der Waals surface area contributed by atoms with Gasteiger partial charge in [-0.1, -0.05) is 12.8 Å². The predicted octanol–water partition coefficient (Wildman–Crippen LogP) is 1.17. The van der Waals surface area contributed by atoms with Gasteiger partial charge in [0.1, 0.15) is 6.04 Å². The van der Waals surface area contributed by atoms with Crippen molar-refractivity contribution in [3.63, 3.8) is 0 Å². The zero-order valence-corrected chi connectivity index (χ0v) is 10.5. The first kappa shape index (κ1) is 14.0. The number of amides is 1. The van der Waals surface area contributed by atoms with Gasteiger partial charge in [0, 0.05) is 13.7 Å². The van der Waals surface area contributed by atoms with Crippen molar-refractivity contribution in [1.29, 1.82) is 0 Å². The van der Waals surface area contributed by atoms with Crippen LogP contribution in [0.1, 0.15) is 39.0 Å². The molecule has 0 bridgehead atoms. The van der Waals surface area contributed by atoms with Crippen LogP contribution in [0.15, 0.2) is 0 Å². The molecule has 98 valence electrons. The predicted molar refractivity (Wildman–Crippen MR) is 62.6 cm³/mol. The van der Waals surface area contributed by atoms with Crippen molar-refractivity contribution in [2.75, 3.05) is 13.7 Å². The van der Waals surface area contributed by atoms with Crippen LogP contribution < -0.4 is 5.32 Å². The second kappa shape index (κ2) is 6.00. The summed E-state index contributed by atoms with van der Waals surface area (Å²) in [4.78, 5) is 22.9. The molecule has 0 unspecified atom stereocenters. The number of aliphatic carboxylic acids is 1. The Labute approximate surface area is 102 Å². The maximum absolute atomic E-state index is 12.2. The molecule has 0 aliphatic heterocycles. The van der Waals surface area contributed by atoms with Crippen molar-refractivity contribution in [2.45, 2.75) is 45.1 Å². The molecule has 1 fully saturated rings. The molecule has 1 amide bonds. The molecule has 5 heteroatoms. The molecule has 2 N–H and O–H groups in total. The fraction of sp³-hybridized carbons (Fsp3) is 0.833. The van der Waals surface area contributed by atoms with E-state index in [2.05, 4.69) is 5.32 Å². The van der Waals surface area contributed by atoms with Gasteiger partial charge in [0.05, 0.1) is 5.41 Å². The Morgan fingerprint density at radius 1 is 1.41 bits per heavy atom. The van der Waals surface area contributed by atoms with Gasteiger partial charge in [-0.3, -0.25) is 9.59 Å². The minimum atomic E-state index is -1.00. The fourth-order valence-corrected chi connectivity index (χ4v) is 2.35. The fourth-order valence-electron chi connectivity index (χ4n) is 2.35. The SMILES string of the molecule is COCCC1(C(=O)N[C@H](C)C(=O)O)CCCC1. The second-order valence-corrected chi connectivity index (χ2v) is 4.76. The third-order valence-electron chi connectivity index (χ3n) is 3.55. The maximum Gasteiger partial charge on any atom is 0.325 e. The molecule has 5 nitrogen and oxygen atoms in total. The van der Waals surface area contributed by atoms with Crippen LogP contribution in [0.25, 0.3) is 0 Å². The van der Waals surface area contributed by atoms with Crippen LogP contribution >= 0.6 is 0 Å². The monoisotopic (exact) mass is 243 g/mol. The van der Waals surface area contributed by atoms with Gasteiger partial charge in [-0.15, -0.1) is 0 Å². The first-order valence-electron chi connectivity index (χ1n) is 6.04. The Bertz CT molecular complexity index is 284. The van der Waals surface area contributed by atoms with Crippen LogP contribution in [0.3, 0.4) is 0 Å². The molecular weight excluding hydrogens is 222 g/mol. The summed E-state index contributed by atoms with van der Waals surface area (Å²) in [5.74, 6) is -1.14. The summed E-state index contributed by atoms with van der Waals surface area (Å²) in [6.07, 6.45) is 4.38. The first-order chi connectivity index (χ1) is 8.02. The molecule has 0 heterocycles. The number of carbonyl (C=O) groups is 2. The number of ether oxygens (including phenoxy) is 1. The lowest BCUT2D eigenvalue weighted by Gasteiger charge is -2.28. The molecule has 0 spiro atoms. The van der Waals surface area contributed by atoms with Crippen molar-refractivity contribution in [3.05, 3.63) is 0 Å².